The summed E-state index contributed by atoms with van der Waals surface area (Å²) >= 11 is 6.99. The molecule has 160 valence electrons. The number of hydrogen-bond acceptors (Lipinski definition) is 3. The highest BCUT2D eigenvalue weighted by atomic mass is 79.9. The van der Waals surface area contributed by atoms with Crippen LogP contribution in [0.1, 0.15) is 33.9 Å². The molecule has 0 fully saturated rings. The van der Waals surface area contributed by atoms with E-state index in [0.29, 0.717) is 12.0 Å². The Labute approximate surface area is 205 Å². The first-order valence-corrected chi connectivity index (χ1v) is 11.2. The van der Waals surface area contributed by atoms with Crippen LogP contribution in [0.25, 0.3) is 0 Å². The summed E-state index contributed by atoms with van der Waals surface area (Å²) in [5, 5.41) is 6.40. The van der Waals surface area contributed by atoms with E-state index in [0.717, 1.165) is 31.5 Å². The average molecular weight is 564 g/mol. The standard InChI is InChI=1S/C24H21Br2N3O.ClH/c1-28(2)19-13-9-17(10-14-19)23-15-22(16-7-11-18(25)12-8-16)27-29(23)24(30)20-5-3-4-6-21(20)26;/h3-14,23H,15H2,1-2H3;1H. The van der Waals surface area contributed by atoms with Crippen LogP contribution in [-0.2, 0) is 0 Å². The number of rotatable bonds is 4. The van der Waals surface area contributed by atoms with Crippen molar-refractivity contribution in [3.8, 4) is 0 Å². The van der Waals surface area contributed by atoms with Gasteiger partial charge >= 0.3 is 0 Å². The van der Waals surface area contributed by atoms with Crippen LogP contribution in [0.3, 0.4) is 0 Å². The van der Waals surface area contributed by atoms with Crippen LogP contribution in [0.2, 0.25) is 0 Å². The molecule has 1 unspecified atom stereocenters. The van der Waals surface area contributed by atoms with Gasteiger partial charge in [-0.15, -0.1) is 12.4 Å². The maximum absolute atomic E-state index is 13.4. The number of benzene rings is 3. The van der Waals surface area contributed by atoms with Crippen molar-refractivity contribution < 1.29 is 4.79 Å². The zero-order valence-corrected chi connectivity index (χ0v) is 21.1. The summed E-state index contributed by atoms with van der Waals surface area (Å²) in [6, 6.07) is 23.7. The van der Waals surface area contributed by atoms with Crippen molar-refractivity contribution in [1.29, 1.82) is 0 Å². The van der Waals surface area contributed by atoms with Crippen molar-refractivity contribution in [3.05, 3.63) is 98.4 Å². The molecule has 1 heterocycles. The maximum Gasteiger partial charge on any atom is 0.275 e. The molecule has 0 aliphatic carbocycles. The number of anilines is 1. The number of hydrazone groups is 1. The highest BCUT2D eigenvalue weighted by molar-refractivity contribution is 9.10. The summed E-state index contributed by atoms with van der Waals surface area (Å²) in [4.78, 5) is 15.5. The molecule has 0 N–H and O–H groups in total. The number of amides is 1. The van der Waals surface area contributed by atoms with Crippen molar-refractivity contribution in [3.63, 3.8) is 0 Å². The molecule has 31 heavy (non-hydrogen) atoms. The molecule has 1 aliphatic heterocycles. The van der Waals surface area contributed by atoms with E-state index in [1.807, 2.05) is 62.6 Å². The van der Waals surface area contributed by atoms with E-state index in [1.165, 1.54) is 0 Å². The lowest BCUT2D eigenvalue weighted by Crippen LogP contribution is -2.27. The quantitative estimate of drug-likeness (QED) is 0.355. The Balaban J connectivity index is 0.00000272. The molecule has 0 saturated carbocycles. The zero-order valence-electron chi connectivity index (χ0n) is 17.1. The SMILES string of the molecule is CN(C)c1ccc(C2CC(c3ccc(Br)cc3)=NN2C(=O)c2ccccc2Br)cc1.Cl. The summed E-state index contributed by atoms with van der Waals surface area (Å²) < 4.78 is 1.78. The lowest BCUT2D eigenvalue weighted by Gasteiger charge is -2.23. The molecule has 0 radical (unpaired) electrons. The first kappa shape index (κ1) is 23.5. The summed E-state index contributed by atoms with van der Waals surface area (Å²) in [5.74, 6) is -0.115. The molecule has 3 aromatic carbocycles. The lowest BCUT2D eigenvalue weighted by atomic mass is 9.98. The van der Waals surface area contributed by atoms with Crippen LogP contribution in [0, 0.1) is 0 Å². The Hall–Kier alpha value is -2.15. The summed E-state index contributed by atoms with van der Waals surface area (Å²) in [7, 11) is 4.03. The zero-order chi connectivity index (χ0) is 21.3. The van der Waals surface area contributed by atoms with Crippen LogP contribution in [0.4, 0.5) is 5.69 Å². The fourth-order valence-corrected chi connectivity index (χ4v) is 4.25. The molecule has 4 nitrogen and oxygen atoms in total. The van der Waals surface area contributed by atoms with Crippen molar-refractivity contribution in [2.45, 2.75) is 12.5 Å². The summed E-state index contributed by atoms with van der Waals surface area (Å²) in [6.07, 6.45) is 0.666. The summed E-state index contributed by atoms with van der Waals surface area (Å²) in [5.41, 5.74) is 4.72. The minimum Gasteiger partial charge on any atom is -0.378 e. The van der Waals surface area contributed by atoms with Gasteiger partial charge in [0, 0.05) is 35.1 Å². The molecule has 7 heteroatoms. The van der Waals surface area contributed by atoms with E-state index in [9.17, 15) is 4.79 Å². The molecular formula is C24H22Br2ClN3O. The van der Waals surface area contributed by atoms with E-state index < -0.39 is 0 Å². The van der Waals surface area contributed by atoms with Gasteiger partial charge in [-0.05, 0) is 63.5 Å². The van der Waals surface area contributed by atoms with Gasteiger partial charge in [0.15, 0.2) is 0 Å². The Kier molecular flexibility index (Phi) is 7.57. The van der Waals surface area contributed by atoms with Crippen molar-refractivity contribution in [1.82, 2.24) is 5.01 Å². The van der Waals surface area contributed by atoms with Crippen LogP contribution < -0.4 is 4.90 Å². The second-order valence-electron chi connectivity index (χ2n) is 7.39. The predicted octanol–water partition coefficient (Wildman–Crippen LogP) is 6.69. The van der Waals surface area contributed by atoms with Crippen molar-refractivity contribution in [2.75, 3.05) is 19.0 Å². The van der Waals surface area contributed by atoms with Gasteiger partial charge in [0.25, 0.3) is 5.91 Å². The molecule has 1 aliphatic rings. The normalized spacial score (nSPS) is 15.3. The molecule has 0 saturated heterocycles. The highest BCUT2D eigenvalue weighted by Crippen LogP contribution is 2.35. The average Bonchev–Trinajstić information content (AvgIpc) is 3.19. The molecule has 4 rings (SSSR count). The fourth-order valence-electron chi connectivity index (χ4n) is 3.53. The minimum absolute atomic E-state index is 0. The number of halogens is 3. The monoisotopic (exact) mass is 561 g/mol. The van der Waals surface area contributed by atoms with Gasteiger partial charge in [-0.2, -0.15) is 5.10 Å². The number of nitrogens with zero attached hydrogens (tertiary/aromatic N) is 3. The Morgan fingerprint density at radius 1 is 0.968 bits per heavy atom. The van der Waals surface area contributed by atoms with Gasteiger partial charge in [0.1, 0.15) is 0 Å². The number of hydrogen-bond donors (Lipinski definition) is 0. The van der Waals surface area contributed by atoms with Gasteiger partial charge in [0.05, 0.1) is 17.3 Å². The van der Waals surface area contributed by atoms with Crippen LogP contribution in [-0.4, -0.2) is 30.7 Å². The molecule has 1 atom stereocenters. The maximum atomic E-state index is 13.4. The molecule has 1 amide bonds. The Bertz CT molecular complexity index is 1100. The van der Waals surface area contributed by atoms with E-state index in [-0.39, 0.29) is 24.4 Å². The Morgan fingerprint density at radius 2 is 1.61 bits per heavy atom. The third kappa shape index (κ3) is 5.03. The van der Waals surface area contributed by atoms with Gasteiger partial charge in [-0.25, -0.2) is 5.01 Å². The van der Waals surface area contributed by atoms with E-state index >= 15 is 0 Å². The number of carbonyl (C=O) groups excluding carboxylic acids is 1. The van der Waals surface area contributed by atoms with Crippen LogP contribution in [0.5, 0.6) is 0 Å². The highest BCUT2D eigenvalue weighted by Gasteiger charge is 2.34. The minimum atomic E-state index is -0.153. The lowest BCUT2D eigenvalue weighted by molar-refractivity contribution is 0.0710. The molecule has 0 bridgehead atoms. The van der Waals surface area contributed by atoms with Crippen LogP contribution in [0.15, 0.2) is 86.8 Å². The van der Waals surface area contributed by atoms with E-state index in [1.54, 1.807) is 5.01 Å². The molecular weight excluding hydrogens is 542 g/mol. The summed E-state index contributed by atoms with van der Waals surface area (Å²) in [6.45, 7) is 0. The molecule has 0 spiro atoms. The van der Waals surface area contributed by atoms with Gasteiger partial charge < -0.3 is 4.90 Å². The fraction of sp³-hybridized carbons (Fsp3) is 0.167. The largest absolute Gasteiger partial charge is 0.378 e. The van der Waals surface area contributed by atoms with Gasteiger partial charge in [-0.1, -0.05) is 52.3 Å². The second-order valence-corrected chi connectivity index (χ2v) is 9.16. The van der Waals surface area contributed by atoms with Crippen molar-refractivity contribution >= 4 is 61.6 Å². The first-order valence-electron chi connectivity index (χ1n) is 9.63. The molecule has 3 aromatic rings. The van der Waals surface area contributed by atoms with Gasteiger partial charge in [-0.3, -0.25) is 4.79 Å². The van der Waals surface area contributed by atoms with E-state index in [4.69, 9.17) is 5.10 Å². The third-order valence-corrected chi connectivity index (χ3v) is 6.41. The van der Waals surface area contributed by atoms with Crippen molar-refractivity contribution in [2.24, 2.45) is 5.10 Å². The third-order valence-electron chi connectivity index (χ3n) is 5.19. The van der Waals surface area contributed by atoms with E-state index in [2.05, 4.69) is 61.0 Å². The first-order chi connectivity index (χ1) is 14.4. The molecule has 0 aromatic heterocycles. The predicted molar refractivity (Wildman–Crippen MR) is 136 cm³/mol. The smallest absolute Gasteiger partial charge is 0.275 e. The van der Waals surface area contributed by atoms with Crippen LogP contribution >= 0.6 is 44.3 Å². The number of carbonyl (C=O) groups is 1. The van der Waals surface area contributed by atoms with Gasteiger partial charge in [0.2, 0.25) is 0 Å². The second kappa shape index (κ2) is 9.98. The topological polar surface area (TPSA) is 35.9 Å². The Morgan fingerprint density at radius 3 is 2.23 bits per heavy atom.